The fourth-order valence-electron chi connectivity index (χ4n) is 2.84. The van der Waals surface area contributed by atoms with Crippen LogP contribution in [0.25, 0.3) is 0 Å². The predicted octanol–water partition coefficient (Wildman–Crippen LogP) is 5.12. The Morgan fingerprint density at radius 3 is 2.53 bits per heavy atom. The Bertz CT molecular complexity index is 858. The van der Waals surface area contributed by atoms with E-state index in [4.69, 9.17) is 16.3 Å². The standard InChI is InChI=1S/C23H28BrClN2O3/c1-4-5-12-26-23(29)17(3)27(14-18-6-8-19(24)9-7-18)22(28)15-30-20-10-11-21(25)16(2)13-20/h6-11,13,17H,4-5,12,14-15H2,1-3H3,(H,26,29)/t17-/m1/s1. The van der Waals surface area contributed by atoms with E-state index in [1.54, 1.807) is 30.0 Å². The van der Waals surface area contributed by atoms with E-state index in [1.807, 2.05) is 31.2 Å². The van der Waals surface area contributed by atoms with Gasteiger partial charge in [-0.05, 0) is 61.7 Å². The molecule has 0 unspecified atom stereocenters. The number of hydrogen-bond donors (Lipinski definition) is 1. The summed E-state index contributed by atoms with van der Waals surface area (Å²) in [6.45, 7) is 6.43. The van der Waals surface area contributed by atoms with Crippen molar-refractivity contribution in [3.05, 3.63) is 63.1 Å². The molecule has 2 aromatic carbocycles. The van der Waals surface area contributed by atoms with Crippen molar-refractivity contribution in [2.24, 2.45) is 0 Å². The molecule has 0 aliphatic heterocycles. The number of amides is 2. The van der Waals surface area contributed by atoms with Crippen molar-refractivity contribution in [1.82, 2.24) is 10.2 Å². The van der Waals surface area contributed by atoms with Crippen molar-refractivity contribution in [3.63, 3.8) is 0 Å². The lowest BCUT2D eigenvalue weighted by Gasteiger charge is -2.28. The van der Waals surface area contributed by atoms with Crippen LogP contribution in [0, 0.1) is 6.92 Å². The number of ether oxygens (including phenoxy) is 1. The summed E-state index contributed by atoms with van der Waals surface area (Å²) in [4.78, 5) is 27.1. The van der Waals surface area contributed by atoms with Gasteiger partial charge in [0.2, 0.25) is 5.91 Å². The van der Waals surface area contributed by atoms with Crippen molar-refractivity contribution < 1.29 is 14.3 Å². The minimum absolute atomic E-state index is 0.163. The molecular weight excluding hydrogens is 468 g/mol. The van der Waals surface area contributed by atoms with Gasteiger partial charge in [0, 0.05) is 22.6 Å². The molecule has 0 aliphatic carbocycles. The SMILES string of the molecule is CCCCNC(=O)[C@@H](C)N(Cc1ccc(Br)cc1)C(=O)COc1ccc(Cl)c(C)c1. The maximum Gasteiger partial charge on any atom is 0.261 e. The topological polar surface area (TPSA) is 58.6 Å². The number of carbonyl (C=O) groups is 2. The van der Waals surface area contributed by atoms with Crippen molar-refractivity contribution in [3.8, 4) is 5.75 Å². The number of carbonyl (C=O) groups excluding carboxylic acids is 2. The van der Waals surface area contributed by atoms with Crippen LogP contribution in [0.2, 0.25) is 5.02 Å². The first-order valence-corrected chi connectivity index (χ1v) is 11.2. The smallest absolute Gasteiger partial charge is 0.261 e. The van der Waals surface area contributed by atoms with Crippen LogP contribution in [0.3, 0.4) is 0 Å². The van der Waals surface area contributed by atoms with Gasteiger partial charge in [-0.1, -0.05) is 53.0 Å². The van der Waals surface area contributed by atoms with Gasteiger partial charge in [-0.3, -0.25) is 9.59 Å². The van der Waals surface area contributed by atoms with E-state index >= 15 is 0 Å². The first-order chi connectivity index (χ1) is 14.3. The fraction of sp³-hybridized carbons (Fsp3) is 0.391. The summed E-state index contributed by atoms with van der Waals surface area (Å²) in [5.74, 6) is 0.133. The minimum atomic E-state index is -0.617. The Morgan fingerprint density at radius 1 is 1.20 bits per heavy atom. The number of rotatable bonds is 10. The Balaban J connectivity index is 2.11. The lowest BCUT2D eigenvalue weighted by Crippen LogP contribution is -2.49. The van der Waals surface area contributed by atoms with E-state index < -0.39 is 6.04 Å². The molecule has 0 radical (unpaired) electrons. The van der Waals surface area contributed by atoms with Gasteiger partial charge in [0.05, 0.1) is 0 Å². The molecule has 0 bridgehead atoms. The average Bonchev–Trinajstić information content (AvgIpc) is 2.73. The number of hydrogen-bond acceptors (Lipinski definition) is 3. The zero-order chi connectivity index (χ0) is 22.1. The molecule has 0 spiro atoms. The molecule has 7 heteroatoms. The summed E-state index contributed by atoms with van der Waals surface area (Å²) in [6.07, 6.45) is 1.89. The van der Waals surface area contributed by atoms with Gasteiger partial charge in [0.25, 0.3) is 5.91 Å². The van der Waals surface area contributed by atoms with E-state index in [1.165, 1.54) is 0 Å². The lowest BCUT2D eigenvalue weighted by atomic mass is 10.1. The molecule has 2 amide bonds. The first kappa shape index (κ1) is 24.2. The third kappa shape index (κ3) is 7.33. The highest BCUT2D eigenvalue weighted by atomic mass is 79.9. The third-order valence-corrected chi connectivity index (χ3v) is 5.71. The number of nitrogens with one attached hydrogen (secondary N) is 1. The van der Waals surface area contributed by atoms with Crippen molar-refractivity contribution in [2.45, 2.75) is 46.2 Å². The van der Waals surface area contributed by atoms with Gasteiger partial charge >= 0.3 is 0 Å². The van der Waals surface area contributed by atoms with E-state index in [-0.39, 0.29) is 18.4 Å². The molecule has 1 N–H and O–H groups in total. The second kappa shape index (κ2) is 12.0. The first-order valence-electron chi connectivity index (χ1n) is 10.0. The molecule has 162 valence electrons. The summed E-state index contributed by atoms with van der Waals surface area (Å²) in [5.41, 5.74) is 1.80. The number of halogens is 2. The van der Waals surface area contributed by atoms with Crippen LogP contribution < -0.4 is 10.1 Å². The Labute approximate surface area is 191 Å². The van der Waals surface area contributed by atoms with Crippen LogP contribution in [0.4, 0.5) is 0 Å². The normalized spacial score (nSPS) is 11.6. The molecule has 2 aromatic rings. The Kier molecular flexibility index (Phi) is 9.66. The average molecular weight is 496 g/mol. The van der Waals surface area contributed by atoms with Crippen LogP contribution in [0.5, 0.6) is 5.75 Å². The molecule has 0 saturated heterocycles. The van der Waals surface area contributed by atoms with E-state index in [2.05, 4.69) is 28.2 Å². The quantitative estimate of drug-likeness (QED) is 0.465. The summed E-state index contributed by atoms with van der Waals surface area (Å²) in [5, 5.41) is 3.55. The van der Waals surface area contributed by atoms with Crippen LogP contribution in [-0.4, -0.2) is 35.9 Å². The van der Waals surface area contributed by atoms with Crippen LogP contribution in [0.15, 0.2) is 46.9 Å². The van der Waals surface area contributed by atoms with E-state index in [0.717, 1.165) is 28.4 Å². The molecule has 5 nitrogen and oxygen atoms in total. The molecular formula is C23H28BrClN2O3. The molecule has 0 saturated carbocycles. The molecule has 0 aromatic heterocycles. The molecule has 0 heterocycles. The third-order valence-electron chi connectivity index (χ3n) is 4.75. The number of nitrogens with zero attached hydrogens (tertiary/aromatic N) is 1. The largest absolute Gasteiger partial charge is 0.484 e. The zero-order valence-electron chi connectivity index (χ0n) is 17.6. The molecule has 0 fully saturated rings. The lowest BCUT2D eigenvalue weighted by molar-refractivity contribution is -0.142. The number of aryl methyl sites for hydroxylation is 1. The fourth-order valence-corrected chi connectivity index (χ4v) is 3.22. The van der Waals surface area contributed by atoms with Gasteiger partial charge in [0.15, 0.2) is 6.61 Å². The highest BCUT2D eigenvalue weighted by Crippen LogP contribution is 2.21. The maximum atomic E-state index is 13.0. The minimum Gasteiger partial charge on any atom is -0.484 e. The second-order valence-corrected chi connectivity index (χ2v) is 8.49. The van der Waals surface area contributed by atoms with Crippen LogP contribution in [-0.2, 0) is 16.1 Å². The summed E-state index contributed by atoms with van der Waals surface area (Å²) >= 11 is 9.46. The summed E-state index contributed by atoms with van der Waals surface area (Å²) < 4.78 is 6.64. The number of unbranched alkanes of at least 4 members (excludes halogenated alkanes) is 1. The van der Waals surface area contributed by atoms with Crippen LogP contribution >= 0.6 is 27.5 Å². The summed E-state index contributed by atoms with van der Waals surface area (Å²) in [6, 6.07) is 12.3. The van der Waals surface area contributed by atoms with Gasteiger partial charge in [-0.25, -0.2) is 0 Å². The van der Waals surface area contributed by atoms with Crippen molar-refractivity contribution in [1.29, 1.82) is 0 Å². The maximum absolute atomic E-state index is 13.0. The monoisotopic (exact) mass is 494 g/mol. The van der Waals surface area contributed by atoms with Gasteiger partial charge in [-0.2, -0.15) is 0 Å². The number of benzene rings is 2. The zero-order valence-corrected chi connectivity index (χ0v) is 19.9. The molecule has 0 aliphatic rings. The Hall–Kier alpha value is -2.05. The van der Waals surface area contributed by atoms with Gasteiger partial charge in [0.1, 0.15) is 11.8 Å². The molecule has 1 atom stereocenters. The Morgan fingerprint density at radius 2 is 1.90 bits per heavy atom. The highest BCUT2D eigenvalue weighted by Gasteiger charge is 2.26. The van der Waals surface area contributed by atoms with Crippen molar-refractivity contribution >= 4 is 39.3 Å². The second-order valence-electron chi connectivity index (χ2n) is 7.17. The summed E-state index contributed by atoms with van der Waals surface area (Å²) in [7, 11) is 0. The van der Waals surface area contributed by atoms with Gasteiger partial charge < -0.3 is 15.0 Å². The van der Waals surface area contributed by atoms with E-state index in [9.17, 15) is 9.59 Å². The van der Waals surface area contributed by atoms with Gasteiger partial charge in [-0.15, -0.1) is 0 Å². The predicted molar refractivity (Wildman–Crippen MR) is 124 cm³/mol. The van der Waals surface area contributed by atoms with Crippen LogP contribution in [0.1, 0.15) is 37.8 Å². The van der Waals surface area contributed by atoms with E-state index in [0.29, 0.717) is 23.9 Å². The highest BCUT2D eigenvalue weighted by molar-refractivity contribution is 9.10. The molecule has 2 rings (SSSR count). The van der Waals surface area contributed by atoms with Crippen molar-refractivity contribution in [2.75, 3.05) is 13.2 Å². The molecule has 30 heavy (non-hydrogen) atoms.